The molecule has 0 saturated carbocycles. The summed E-state index contributed by atoms with van der Waals surface area (Å²) in [5, 5.41) is 0. The Hall–Kier alpha value is -1.65. The van der Waals surface area contributed by atoms with Gasteiger partial charge in [-0.15, -0.1) is 0 Å². The Bertz CT molecular complexity index is 555. The lowest BCUT2D eigenvalue weighted by molar-refractivity contribution is 0.0198. The second kappa shape index (κ2) is 5.77. The average Bonchev–Trinajstić information content (AvgIpc) is 2.94. The first-order valence-electron chi connectivity index (χ1n) is 7.18. The maximum absolute atomic E-state index is 5.41. The Balaban J connectivity index is 1.75. The molecule has 1 aliphatic rings. The summed E-state index contributed by atoms with van der Waals surface area (Å²) >= 11 is 0. The molecule has 1 N–H and O–H groups in total. The molecular weight excluding hydrogens is 250 g/mol. The lowest BCUT2D eigenvalue weighted by atomic mass is 10.0. The number of benzene rings is 1. The van der Waals surface area contributed by atoms with Gasteiger partial charge in [0.25, 0.3) is 0 Å². The van der Waals surface area contributed by atoms with Crippen molar-refractivity contribution in [3.05, 3.63) is 41.9 Å². The average molecular weight is 271 g/mol. The van der Waals surface area contributed by atoms with E-state index in [4.69, 9.17) is 4.74 Å². The zero-order valence-corrected chi connectivity index (χ0v) is 12.1. The number of ether oxygens (including phenoxy) is 1. The number of imidazole rings is 1. The number of nitrogens with one attached hydrogen (secondary N) is 1. The Morgan fingerprint density at radius 2 is 1.90 bits per heavy atom. The molecule has 0 amide bonds. The zero-order valence-electron chi connectivity index (χ0n) is 12.1. The van der Waals surface area contributed by atoms with Gasteiger partial charge in [-0.05, 0) is 25.0 Å². The zero-order chi connectivity index (χ0) is 13.9. The smallest absolute Gasteiger partial charge is 0.103 e. The lowest BCUT2D eigenvalue weighted by Crippen LogP contribution is -2.37. The fourth-order valence-corrected chi connectivity index (χ4v) is 2.68. The first-order chi connectivity index (χ1) is 9.74. The number of aryl methyl sites for hydroxylation is 1. The van der Waals surface area contributed by atoms with Crippen molar-refractivity contribution < 1.29 is 4.74 Å². The van der Waals surface area contributed by atoms with Gasteiger partial charge in [-0.2, -0.15) is 0 Å². The number of nitrogens with zero attached hydrogens (tertiary/aromatic N) is 2. The van der Waals surface area contributed by atoms with Crippen LogP contribution in [0, 0.1) is 6.92 Å². The van der Waals surface area contributed by atoms with Gasteiger partial charge < -0.3 is 9.72 Å². The van der Waals surface area contributed by atoms with Crippen LogP contribution < -0.4 is 0 Å². The predicted octanol–water partition coefficient (Wildman–Crippen LogP) is 2.78. The fraction of sp³-hybridized carbons (Fsp3) is 0.438. The minimum absolute atomic E-state index is 0.441. The highest BCUT2D eigenvalue weighted by Gasteiger charge is 2.18. The molecule has 0 bridgehead atoms. The van der Waals surface area contributed by atoms with Crippen molar-refractivity contribution in [3.8, 4) is 11.3 Å². The van der Waals surface area contributed by atoms with Gasteiger partial charge in [0.1, 0.15) is 5.82 Å². The van der Waals surface area contributed by atoms with Gasteiger partial charge in [0.2, 0.25) is 0 Å². The maximum Gasteiger partial charge on any atom is 0.103 e. The second-order valence-corrected chi connectivity index (χ2v) is 5.33. The van der Waals surface area contributed by atoms with Gasteiger partial charge >= 0.3 is 0 Å². The standard InChI is InChI=1S/C16H21N3O/c1-12(19-7-9-20-10-8-19)14-3-5-15(6-4-14)16-11-17-13(2)18-16/h3-6,11-12H,7-10H2,1-2H3,(H,17,18)/t12-/m1/s1. The summed E-state index contributed by atoms with van der Waals surface area (Å²) < 4.78 is 5.41. The van der Waals surface area contributed by atoms with Crippen molar-refractivity contribution in [1.29, 1.82) is 0 Å². The summed E-state index contributed by atoms with van der Waals surface area (Å²) in [6.07, 6.45) is 1.88. The van der Waals surface area contributed by atoms with Crippen LogP contribution in [0.4, 0.5) is 0 Å². The third-order valence-corrected chi connectivity index (χ3v) is 4.00. The minimum atomic E-state index is 0.441. The molecule has 0 aliphatic carbocycles. The van der Waals surface area contributed by atoms with Gasteiger partial charge in [0.15, 0.2) is 0 Å². The van der Waals surface area contributed by atoms with Crippen LogP contribution in [0.1, 0.15) is 24.4 Å². The van der Waals surface area contributed by atoms with Crippen molar-refractivity contribution in [3.63, 3.8) is 0 Å². The molecule has 20 heavy (non-hydrogen) atoms. The van der Waals surface area contributed by atoms with E-state index in [1.807, 2.05) is 13.1 Å². The molecule has 2 heterocycles. The van der Waals surface area contributed by atoms with Crippen LogP contribution in [-0.2, 0) is 4.74 Å². The molecule has 0 unspecified atom stereocenters. The molecule has 0 radical (unpaired) electrons. The van der Waals surface area contributed by atoms with Gasteiger partial charge in [-0.25, -0.2) is 4.98 Å². The van der Waals surface area contributed by atoms with E-state index in [0.29, 0.717) is 6.04 Å². The summed E-state index contributed by atoms with van der Waals surface area (Å²) in [5.41, 5.74) is 3.61. The van der Waals surface area contributed by atoms with Crippen molar-refractivity contribution in [2.75, 3.05) is 26.3 Å². The van der Waals surface area contributed by atoms with Gasteiger partial charge in [0, 0.05) is 19.1 Å². The first-order valence-corrected chi connectivity index (χ1v) is 7.18. The SMILES string of the molecule is Cc1ncc(-c2ccc([C@@H](C)N3CCOCC3)cc2)[nH]1. The monoisotopic (exact) mass is 271 g/mol. The molecule has 1 aromatic carbocycles. The Kier molecular flexibility index (Phi) is 3.85. The normalized spacial score (nSPS) is 18.1. The molecular formula is C16H21N3O. The van der Waals surface area contributed by atoms with Gasteiger partial charge in [-0.3, -0.25) is 4.90 Å². The number of hydrogen-bond donors (Lipinski definition) is 1. The molecule has 1 fully saturated rings. The first kappa shape index (κ1) is 13.3. The van der Waals surface area contributed by atoms with Gasteiger partial charge in [-0.1, -0.05) is 24.3 Å². The van der Waals surface area contributed by atoms with Gasteiger partial charge in [0.05, 0.1) is 25.1 Å². The Morgan fingerprint density at radius 3 is 2.50 bits per heavy atom. The Morgan fingerprint density at radius 1 is 1.20 bits per heavy atom. The van der Waals surface area contributed by atoms with E-state index < -0.39 is 0 Å². The van der Waals surface area contributed by atoms with Crippen molar-refractivity contribution in [2.24, 2.45) is 0 Å². The number of aromatic amines is 1. The van der Waals surface area contributed by atoms with E-state index in [1.165, 1.54) is 11.1 Å². The molecule has 4 nitrogen and oxygen atoms in total. The van der Waals surface area contributed by atoms with E-state index in [9.17, 15) is 0 Å². The van der Waals surface area contributed by atoms with Crippen LogP contribution >= 0.6 is 0 Å². The number of H-pyrrole nitrogens is 1. The minimum Gasteiger partial charge on any atom is -0.379 e. The van der Waals surface area contributed by atoms with Crippen molar-refractivity contribution in [2.45, 2.75) is 19.9 Å². The highest BCUT2D eigenvalue weighted by atomic mass is 16.5. The molecule has 4 heteroatoms. The summed E-state index contributed by atoms with van der Waals surface area (Å²) in [6, 6.07) is 9.20. The largest absolute Gasteiger partial charge is 0.379 e. The highest BCUT2D eigenvalue weighted by molar-refractivity contribution is 5.58. The van der Waals surface area contributed by atoms with Crippen molar-refractivity contribution >= 4 is 0 Å². The molecule has 1 atom stereocenters. The van der Waals surface area contributed by atoms with E-state index in [2.05, 4.69) is 46.1 Å². The van der Waals surface area contributed by atoms with Crippen LogP contribution in [0.15, 0.2) is 30.5 Å². The van der Waals surface area contributed by atoms with Crippen molar-refractivity contribution in [1.82, 2.24) is 14.9 Å². The lowest BCUT2D eigenvalue weighted by Gasteiger charge is -2.32. The maximum atomic E-state index is 5.41. The number of hydrogen-bond acceptors (Lipinski definition) is 3. The van der Waals surface area contributed by atoms with Crippen LogP contribution in [0.25, 0.3) is 11.3 Å². The highest BCUT2D eigenvalue weighted by Crippen LogP contribution is 2.24. The van der Waals surface area contributed by atoms with E-state index >= 15 is 0 Å². The van der Waals surface area contributed by atoms with Crippen LogP contribution in [0.2, 0.25) is 0 Å². The molecule has 0 spiro atoms. The van der Waals surface area contributed by atoms with E-state index in [-0.39, 0.29) is 0 Å². The van der Waals surface area contributed by atoms with E-state index in [1.54, 1.807) is 0 Å². The molecule has 1 saturated heterocycles. The number of morpholine rings is 1. The van der Waals surface area contributed by atoms with Crippen LogP contribution in [0.5, 0.6) is 0 Å². The topological polar surface area (TPSA) is 41.2 Å². The quantitative estimate of drug-likeness (QED) is 0.933. The molecule has 3 rings (SSSR count). The predicted molar refractivity (Wildman–Crippen MR) is 79.6 cm³/mol. The summed E-state index contributed by atoms with van der Waals surface area (Å²) in [7, 11) is 0. The van der Waals surface area contributed by atoms with Crippen LogP contribution in [-0.4, -0.2) is 41.2 Å². The Labute approximate surface area is 119 Å². The van der Waals surface area contributed by atoms with E-state index in [0.717, 1.165) is 37.8 Å². The number of rotatable bonds is 3. The second-order valence-electron chi connectivity index (χ2n) is 5.33. The molecule has 2 aromatic rings. The third kappa shape index (κ3) is 2.76. The number of aromatic nitrogens is 2. The molecule has 106 valence electrons. The summed E-state index contributed by atoms with van der Waals surface area (Å²) in [4.78, 5) is 9.98. The molecule has 1 aliphatic heterocycles. The third-order valence-electron chi connectivity index (χ3n) is 4.00. The fourth-order valence-electron chi connectivity index (χ4n) is 2.68. The van der Waals surface area contributed by atoms with Crippen LogP contribution in [0.3, 0.4) is 0 Å². The summed E-state index contributed by atoms with van der Waals surface area (Å²) in [6.45, 7) is 7.95. The summed E-state index contributed by atoms with van der Waals surface area (Å²) in [5.74, 6) is 0.950. The molecule has 1 aromatic heterocycles.